The summed E-state index contributed by atoms with van der Waals surface area (Å²) in [5, 5.41) is 0.175. The third-order valence-corrected chi connectivity index (χ3v) is 3.20. The average molecular weight is 323 g/mol. The summed E-state index contributed by atoms with van der Waals surface area (Å²) < 4.78 is 92.6. The van der Waals surface area contributed by atoms with Crippen LogP contribution in [0.4, 0.5) is 5.82 Å². The second-order valence-electron chi connectivity index (χ2n) is 4.61. The van der Waals surface area contributed by atoms with E-state index in [9.17, 15) is 4.79 Å². The van der Waals surface area contributed by atoms with Crippen molar-refractivity contribution in [1.29, 1.82) is 0 Å². The van der Waals surface area contributed by atoms with Crippen LogP contribution in [0.3, 0.4) is 0 Å². The SMILES string of the molecule is [2H]C1([2H])N(C(=O)C[N+]#[C-])C([2H])([2H])[C@]([2H])(N(C)c2ncnc3[nH]ccc23)[C@]([2H])(C([2H])([2H])[2H])C1([2H])[2H]. The van der Waals surface area contributed by atoms with Crippen LogP contribution in [0.2, 0.25) is 0 Å². The van der Waals surface area contributed by atoms with Crippen LogP contribution >= 0.6 is 0 Å². The highest BCUT2D eigenvalue weighted by atomic mass is 16.2. The van der Waals surface area contributed by atoms with Crippen LogP contribution in [-0.2, 0) is 4.79 Å². The Labute approximate surface area is 150 Å². The zero-order chi connectivity index (χ0) is 26.1. The Morgan fingerprint density at radius 2 is 2.61 bits per heavy atom. The zero-order valence-corrected chi connectivity index (χ0v) is 12.1. The lowest BCUT2D eigenvalue weighted by atomic mass is 9.92. The van der Waals surface area contributed by atoms with Crippen LogP contribution in [0.1, 0.15) is 28.3 Å². The number of likely N-dealkylation sites (tertiary alicyclic amines) is 1. The number of anilines is 1. The Morgan fingerprint density at radius 1 is 1.74 bits per heavy atom. The molecule has 2 atom stereocenters. The summed E-state index contributed by atoms with van der Waals surface area (Å²) in [4.78, 5) is 26.6. The van der Waals surface area contributed by atoms with Crippen LogP contribution in [0.5, 0.6) is 0 Å². The van der Waals surface area contributed by atoms with Crippen molar-refractivity contribution in [2.75, 3.05) is 31.5 Å². The van der Waals surface area contributed by atoms with Crippen LogP contribution < -0.4 is 4.90 Å². The van der Waals surface area contributed by atoms with Crippen molar-refractivity contribution in [3.05, 3.63) is 30.0 Å². The molecule has 0 bridgehead atoms. The van der Waals surface area contributed by atoms with Crippen molar-refractivity contribution >= 4 is 22.8 Å². The number of nitrogens with one attached hydrogen (secondary N) is 1. The summed E-state index contributed by atoms with van der Waals surface area (Å²) in [6, 6.07) is -2.09. The van der Waals surface area contributed by atoms with Crippen molar-refractivity contribution in [2.45, 2.75) is 19.2 Å². The van der Waals surface area contributed by atoms with Crippen LogP contribution in [0, 0.1) is 12.5 Å². The summed E-state index contributed by atoms with van der Waals surface area (Å²) >= 11 is 0. The second-order valence-corrected chi connectivity index (χ2v) is 4.61. The number of carbonyl (C=O) groups is 1. The Hall–Kier alpha value is -2.62. The molecule has 3 rings (SSSR count). The van der Waals surface area contributed by atoms with Crippen molar-refractivity contribution in [3.8, 4) is 0 Å². The summed E-state index contributed by atoms with van der Waals surface area (Å²) in [5.41, 5.74) is 0.209. The fourth-order valence-corrected chi connectivity index (χ4v) is 2.10. The number of piperidine rings is 1. The van der Waals surface area contributed by atoms with Gasteiger partial charge in [0.15, 0.2) is 0 Å². The van der Waals surface area contributed by atoms with E-state index >= 15 is 0 Å². The van der Waals surface area contributed by atoms with E-state index in [4.69, 9.17) is 21.7 Å². The van der Waals surface area contributed by atoms with Gasteiger partial charge in [-0.2, -0.15) is 0 Å². The molecule has 0 unspecified atom stereocenters. The van der Waals surface area contributed by atoms with E-state index < -0.39 is 50.6 Å². The minimum absolute atomic E-state index is 0.175. The highest BCUT2D eigenvalue weighted by molar-refractivity contribution is 5.87. The number of likely N-dealkylation sites (N-methyl/N-ethyl adjacent to an activating group) is 1. The van der Waals surface area contributed by atoms with E-state index in [1.807, 2.05) is 0 Å². The van der Waals surface area contributed by atoms with Gasteiger partial charge in [-0.15, -0.1) is 0 Å². The molecule has 1 fully saturated rings. The van der Waals surface area contributed by atoms with Gasteiger partial charge in [-0.3, -0.25) is 4.79 Å². The highest BCUT2D eigenvalue weighted by Crippen LogP contribution is 2.28. The first-order valence-corrected chi connectivity index (χ1v) is 6.54. The first kappa shape index (κ1) is 6.87. The standard InChI is InChI=1S/C16H20N6O/c1-11-5-7-22(14(23)8-17-2)9-13(11)21(3)16-12-4-6-18-15(12)19-10-20-16/h4,6,10-11,13H,5,7-9H2,1,3H3,(H,18,19,20)/t11-,13+/m1/s1/i1D3,5D2,7D2,9D2,11D,13D. The summed E-state index contributed by atoms with van der Waals surface area (Å²) in [6.07, 6.45) is -1.39. The summed E-state index contributed by atoms with van der Waals surface area (Å²) in [6.45, 7) is -5.33. The highest BCUT2D eigenvalue weighted by Gasteiger charge is 2.33. The average Bonchev–Trinajstić information content (AvgIpc) is 3.18. The van der Waals surface area contributed by atoms with Gasteiger partial charge in [0.25, 0.3) is 6.54 Å². The van der Waals surface area contributed by atoms with E-state index in [-0.39, 0.29) is 21.8 Å². The predicted octanol–water partition coefficient (Wildman–Crippen LogP) is 1.55. The Balaban J connectivity index is 2.46. The molecule has 1 N–H and O–H groups in total. The second kappa shape index (κ2) is 6.24. The molecule has 7 heteroatoms. The Morgan fingerprint density at radius 3 is 3.39 bits per heavy atom. The molecule has 0 aromatic carbocycles. The normalized spacial score (nSPS) is 41.7. The van der Waals surface area contributed by atoms with Crippen LogP contribution in [0.25, 0.3) is 15.9 Å². The molecule has 3 heterocycles. The lowest BCUT2D eigenvalue weighted by Gasteiger charge is -2.41. The largest absolute Gasteiger partial charge is 0.354 e. The predicted molar refractivity (Wildman–Crippen MR) is 87.9 cm³/mol. The molecule has 2 aromatic heterocycles. The van der Waals surface area contributed by atoms with Gasteiger partial charge in [0.2, 0.25) is 0 Å². The smallest absolute Gasteiger partial charge is 0.302 e. The maximum absolute atomic E-state index is 12.7. The lowest BCUT2D eigenvalue weighted by molar-refractivity contribution is -0.130. The number of H-pyrrole nitrogens is 1. The van der Waals surface area contributed by atoms with Crippen LogP contribution in [0.15, 0.2) is 18.6 Å². The molecule has 1 aliphatic heterocycles. The van der Waals surface area contributed by atoms with E-state index in [1.165, 1.54) is 12.3 Å². The topological polar surface area (TPSA) is 69.5 Å². The van der Waals surface area contributed by atoms with Crippen molar-refractivity contribution in [1.82, 2.24) is 19.9 Å². The first-order chi connectivity index (χ1) is 15.4. The number of rotatable bonds is 3. The fourth-order valence-electron chi connectivity index (χ4n) is 2.10. The van der Waals surface area contributed by atoms with Gasteiger partial charge in [-0.25, -0.2) is 16.5 Å². The van der Waals surface area contributed by atoms with Crippen molar-refractivity contribution in [3.63, 3.8) is 0 Å². The summed E-state index contributed by atoms with van der Waals surface area (Å²) in [7, 11) is 1.00. The Bertz CT molecular complexity index is 1170. The fraction of sp³-hybridized carbons (Fsp3) is 0.500. The van der Waals surface area contributed by atoms with Crippen LogP contribution in [-0.4, -0.2) is 58.4 Å². The zero-order valence-electron chi connectivity index (χ0n) is 23.1. The van der Waals surface area contributed by atoms with Gasteiger partial charge >= 0.3 is 5.91 Å². The number of carbonyl (C=O) groups excluding carboxylic acids is 1. The van der Waals surface area contributed by atoms with E-state index in [0.717, 1.165) is 13.4 Å². The third-order valence-electron chi connectivity index (χ3n) is 3.20. The van der Waals surface area contributed by atoms with E-state index in [1.54, 1.807) is 0 Å². The summed E-state index contributed by atoms with van der Waals surface area (Å²) in [5.74, 6) is -5.60. The molecule has 0 saturated carbocycles. The molecule has 23 heavy (non-hydrogen) atoms. The molecule has 7 nitrogen and oxygen atoms in total. The number of fused-ring (bicyclic) bond motifs is 1. The number of aromatic amines is 1. The number of hydrogen-bond acceptors (Lipinski definition) is 4. The molecule has 0 spiro atoms. The monoisotopic (exact) mass is 323 g/mol. The number of hydrogen-bond donors (Lipinski definition) is 1. The minimum atomic E-state index is -3.84. The van der Waals surface area contributed by atoms with E-state index in [2.05, 4.69) is 19.8 Å². The third kappa shape index (κ3) is 2.84. The number of aromatic nitrogens is 3. The van der Waals surface area contributed by atoms with Gasteiger partial charge in [-0.05, 0) is 18.3 Å². The molecule has 0 aliphatic carbocycles. The first-order valence-electron chi connectivity index (χ1n) is 12.0. The van der Waals surface area contributed by atoms with E-state index in [0.29, 0.717) is 4.90 Å². The van der Waals surface area contributed by atoms with Gasteiger partial charge < -0.3 is 19.6 Å². The molecule has 1 saturated heterocycles. The minimum Gasteiger partial charge on any atom is -0.354 e. The number of nitrogens with zero attached hydrogens (tertiary/aromatic N) is 5. The quantitative estimate of drug-likeness (QED) is 0.870. The number of amides is 1. The maximum Gasteiger partial charge on any atom is 0.302 e. The van der Waals surface area contributed by atoms with Gasteiger partial charge in [-0.1, -0.05) is 6.85 Å². The molecule has 2 aromatic rings. The molecule has 0 radical (unpaired) electrons. The molecular weight excluding hydrogens is 292 g/mol. The lowest BCUT2D eigenvalue weighted by Crippen LogP contribution is -2.53. The molecule has 1 aliphatic rings. The van der Waals surface area contributed by atoms with Gasteiger partial charge in [0.1, 0.15) is 17.8 Å². The molecule has 120 valence electrons. The van der Waals surface area contributed by atoms with Gasteiger partial charge in [0, 0.05) is 37.2 Å². The Kier molecular flexibility index (Phi) is 1.87. The van der Waals surface area contributed by atoms with Crippen molar-refractivity contribution < 1.29 is 19.9 Å². The molecular formula is C16H20N6O. The molecule has 1 amide bonds. The van der Waals surface area contributed by atoms with Crippen molar-refractivity contribution in [2.24, 2.45) is 5.89 Å². The van der Waals surface area contributed by atoms with Gasteiger partial charge in [0.05, 0.1) is 15.5 Å². The maximum atomic E-state index is 12.7.